The molecule has 1 rings (SSSR count). The molecule has 0 aliphatic carbocycles. The van der Waals surface area contributed by atoms with Crippen molar-refractivity contribution >= 4 is 15.9 Å². The third-order valence-corrected chi connectivity index (χ3v) is 3.39. The Labute approximate surface area is 129 Å². The van der Waals surface area contributed by atoms with Crippen LogP contribution in [0.25, 0.3) is 0 Å². The van der Waals surface area contributed by atoms with Crippen molar-refractivity contribution in [3.8, 4) is 5.75 Å². The number of hydrogen-bond acceptors (Lipinski definition) is 4. The molecule has 1 aromatic rings. The Morgan fingerprint density at radius 1 is 1.30 bits per heavy atom. The summed E-state index contributed by atoms with van der Waals surface area (Å²) in [5, 5.41) is 13.1. The number of rotatable bonds is 9. The quantitative estimate of drug-likeness (QED) is 0.722. The van der Waals surface area contributed by atoms with Gasteiger partial charge >= 0.3 is 0 Å². The Hall–Kier alpha value is -0.620. The molecule has 114 valence electrons. The van der Waals surface area contributed by atoms with Gasteiger partial charge in [-0.3, -0.25) is 0 Å². The van der Waals surface area contributed by atoms with Gasteiger partial charge in [0.2, 0.25) is 0 Å². The van der Waals surface area contributed by atoms with E-state index < -0.39 is 6.10 Å². The van der Waals surface area contributed by atoms with Crippen LogP contribution in [0.2, 0.25) is 0 Å². The lowest BCUT2D eigenvalue weighted by molar-refractivity contribution is 0.0162. The van der Waals surface area contributed by atoms with Crippen LogP contribution in [0.4, 0.5) is 0 Å². The summed E-state index contributed by atoms with van der Waals surface area (Å²) in [6.45, 7) is 8.07. The van der Waals surface area contributed by atoms with Crippen LogP contribution in [0.5, 0.6) is 5.75 Å². The van der Waals surface area contributed by atoms with E-state index in [1.165, 1.54) is 0 Å². The van der Waals surface area contributed by atoms with Crippen LogP contribution in [0.1, 0.15) is 32.4 Å². The first kappa shape index (κ1) is 17.4. The van der Waals surface area contributed by atoms with Crippen molar-refractivity contribution in [1.29, 1.82) is 0 Å². The Kier molecular flexibility index (Phi) is 8.14. The first-order chi connectivity index (χ1) is 9.58. The molecule has 0 saturated heterocycles. The second-order valence-corrected chi connectivity index (χ2v) is 5.50. The summed E-state index contributed by atoms with van der Waals surface area (Å²) in [5.74, 6) is 0.789. The highest BCUT2D eigenvalue weighted by molar-refractivity contribution is 9.10. The average Bonchev–Trinajstić information content (AvgIpc) is 2.43. The number of hydrogen-bond donors (Lipinski definition) is 2. The van der Waals surface area contributed by atoms with Crippen LogP contribution >= 0.6 is 15.9 Å². The molecule has 5 heteroatoms. The largest absolute Gasteiger partial charge is 0.490 e. The van der Waals surface area contributed by atoms with Gasteiger partial charge in [0.15, 0.2) is 0 Å². The van der Waals surface area contributed by atoms with Crippen LogP contribution in [0, 0.1) is 0 Å². The number of benzene rings is 1. The molecule has 20 heavy (non-hydrogen) atoms. The summed E-state index contributed by atoms with van der Waals surface area (Å²) < 4.78 is 11.9. The smallest absolute Gasteiger partial charge is 0.124 e. The summed E-state index contributed by atoms with van der Waals surface area (Å²) in [4.78, 5) is 0. The van der Waals surface area contributed by atoms with E-state index in [1.54, 1.807) is 0 Å². The van der Waals surface area contributed by atoms with Crippen LogP contribution in [-0.2, 0) is 4.74 Å². The molecule has 0 amide bonds. The van der Waals surface area contributed by atoms with E-state index in [0.717, 1.165) is 22.3 Å². The molecule has 0 bridgehead atoms. The van der Waals surface area contributed by atoms with Crippen LogP contribution < -0.4 is 10.1 Å². The second-order valence-electron chi connectivity index (χ2n) is 4.59. The minimum Gasteiger partial charge on any atom is -0.490 e. The third kappa shape index (κ3) is 5.79. The molecule has 2 unspecified atom stereocenters. The highest BCUT2D eigenvalue weighted by Crippen LogP contribution is 2.28. The zero-order chi connectivity index (χ0) is 15.0. The van der Waals surface area contributed by atoms with Crippen molar-refractivity contribution < 1.29 is 14.6 Å². The highest BCUT2D eigenvalue weighted by Gasteiger charge is 2.13. The van der Waals surface area contributed by atoms with E-state index >= 15 is 0 Å². The SMILES string of the molecule is CCNC(C)c1cc(Br)ccc1OCC(O)COCC. The number of halogens is 1. The molecule has 0 aliphatic rings. The molecule has 0 fully saturated rings. The van der Waals surface area contributed by atoms with E-state index in [2.05, 4.69) is 35.1 Å². The van der Waals surface area contributed by atoms with Gasteiger partial charge in [0.05, 0.1) is 6.61 Å². The number of aliphatic hydroxyl groups is 1. The number of ether oxygens (including phenoxy) is 2. The van der Waals surface area contributed by atoms with Crippen LogP contribution in [0.15, 0.2) is 22.7 Å². The molecule has 0 heterocycles. The van der Waals surface area contributed by atoms with Gasteiger partial charge in [0.25, 0.3) is 0 Å². The summed E-state index contributed by atoms with van der Waals surface area (Å²) in [7, 11) is 0. The molecule has 2 N–H and O–H groups in total. The highest BCUT2D eigenvalue weighted by atomic mass is 79.9. The van der Waals surface area contributed by atoms with Crippen molar-refractivity contribution in [2.75, 3.05) is 26.4 Å². The Morgan fingerprint density at radius 2 is 2.05 bits per heavy atom. The van der Waals surface area contributed by atoms with Crippen LogP contribution in [-0.4, -0.2) is 37.6 Å². The van der Waals surface area contributed by atoms with E-state index in [4.69, 9.17) is 9.47 Å². The molecular formula is C15H24BrNO3. The molecule has 0 saturated carbocycles. The molecule has 0 aromatic heterocycles. The first-order valence-corrected chi connectivity index (χ1v) is 7.79. The fourth-order valence-electron chi connectivity index (χ4n) is 1.89. The maximum atomic E-state index is 9.75. The van der Waals surface area contributed by atoms with Gasteiger partial charge < -0.3 is 19.9 Å². The van der Waals surface area contributed by atoms with E-state index in [1.807, 2.05) is 25.1 Å². The van der Waals surface area contributed by atoms with E-state index in [9.17, 15) is 5.11 Å². The first-order valence-electron chi connectivity index (χ1n) is 6.99. The lowest BCUT2D eigenvalue weighted by Crippen LogP contribution is -2.24. The predicted octanol–water partition coefficient (Wildman–Crippen LogP) is 2.90. The molecule has 1 aromatic carbocycles. The van der Waals surface area contributed by atoms with Gasteiger partial charge in [-0.05, 0) is 38.6 Å². The maximum Gasteiger partial charge on any atom is 0.124 e. The molecular weight excluding hydrogens is 322 g/mol. The average molecular weight is 346 g/mol. The van der Waals surface area contributed by atoms with Gasteiger partial charge in [0, 0.05) is 22.7 Å². The van der Waals surface area contributed by atoms with Gasteiger partial charge in [-0.2, -0.15) is 0 Å². The Balaban J connectivity index is 2.68. The van der Waals surface area contributed by atoms with E-state index in [-0.39, 0.29) is 12.6 Å². The monoisotopic (exact) mass is 345 g/mol. The lowest BCUT2D eigenvalue weighted by atomic mass is 10.1. The van der Waals surface area contributed by atoms with Crippen LogP contribution in [0.3, 0.4) is 0 Å². The fraction of sp³-hybridized carbons (Fsp3) is 0.600. The van der Waals surface area contributed by atoms with Gasteiger partial charge in [-0.15, -0.1) is 0 Å². The molecule has 0 spiro atoms. The van der Waals surface area contributed by atoms with Crippen molar-refractivity contribution in [2.45, 2.75) is 32.9 Å². The lowest BCUT2D eigenvalue weighted by Gasteiger charge is -2.19. The molecule has 0 aliphatic heterocycles. The zero-order valence-electron chi connectivity index (χ0n) is 12.4. The molecule has 2 atom stereocenters. The second kappa shape index (κ2) is 9.34. The summed E-state index contributed by atoms with van der Waals surface area (Å²) >= 11 is 3.48. The minimum absolute atomic E-state index is 0.191. The number of nitrogens with one attached hydrogen (secondary N) is 1. The predicted molar refractivity (Wildman–Crippen MR) is 84.2 cm³/mol. The van der Waals surface area contributed by atoms with Crippen molar-refractivity contribution in [1.82, 2.24) is 5.32 Å². The Bertz CT molecular complexity index is 401. The fourth-order valence-corrected chi connectivity index (χ4v) is 2.27. The molecule has 4 nitrogen and oxygen atoms in total. The van der Waals surface area contributed by atoms with Gasteiger partial charge in [0.1, 0.15) is 18.5 Å². The topological polar surface area (TPSA) is 50.7 Å². The molecule has 0 radical (unpaired) electrons. The van der Waals surface area contributed by atoms with Gasteiger partial charge in [-0.25, -0.2) is 0 Å². The van der Waals surface area contributed by atoms with Crippen molar-refractivity contribution in [3.05, 3.63) is 28.2 Å². The van der Waals surface area contributed by atoms with E-state index in [0.29, 0.717) is 13.2 Å². The normalized spacial score (nSPS) is 14.1. The zero-order valence-corrected chi connectivity index (χ0v) is 13.9. The Morgan fingerprint density at radius 3 is 2.70 bits per heavy atom. The minimum atomic E-state index is -0.610. The summed E-state index contributed by atoms with van der Waals surface area (Å²) in [6.07, 6.45) is -0.610. The summed E-state index contributed by atoms with van der Waals surface area (Å²) in [5.41, 5.74) is 1.07. The van der Waals surface area contributed by atoms with Gasteiger partial charge in [-0.1, -0.05) is 22.9 Å². The van der Waals surface area contributed by atoms with Crippen molar-refractivity contribution in [2.24, 2.45) is 0 Å². The maximum absolute atomic E-state index is 9.75. The third-order valence-electron chi connectivity index (χ3n) is 2.89. The van der Waals surface area contributed by atoms with Crippen molar-refractivity contribution in [3.63, 3.8) is 0 Å². The standard InChI is InChI=1S/C15H24BrNO3/c1-4-17-11(3)14-8-12(16)6-7-15(14)20-10-13(18)9-19-5-2/h6-8,11,13,17-18H,4-5,9-10H2,1-3H3. The number of aliphatic hydroxyl groups excluding tert-OH is 1. The summed E-state index contributed by atoms with van der Waals surface area (Å²) in [6, 6.07) is 6.08.